The van der Waals surface area contributed by atoms with Crippen LogP contribution in [0.2, 0.25) is 0 Å². The topological polar surface area (TPSA) is 21.3 Å². The molecule has 0 aliphatic carbocycles. The van der Waals surface area contributed by atoms with Crippen molar-refractivity contribution in [3.8, 4) is 0 Å². The number of ether oxygens (including phenoxy) is 1. The summed E-state index contributed by atoms with van der Waals surface area (Å²) in [6, 6.07) is 7.02. The molecule has 0 radical (unpaired) electrons. The molecule has 114 valence electrons. The first-order chi connectivity index (χ1) is 9.31. The first-order valence-electron chi connectivity index (χ1n) is 7.71. The monoisotopic (exact) mass is 277 g/mol. The van der Waals surface area contributed by atoms with E-state index in [1.807, 2.05) is 0 Å². The first kappa shape index (κ1) is 17.2. The molecule has 0 fully saturated rings. The highest BCUT2D eigenvalue weighted by atomic mass is 16.5. The third kappa shape index (κ3) is 6.53. The minimum atomic E-state index is 0.290. The zero-order valence-electron chi connectivity index (χ0n) is 14.0. The molecule has 0 aromatic heterocycles. The van der Waals surface area contributed by atoms with Crippen LogP contribution in [0.1, 0.15) is 56.8 Å². The Hall–Kier alpha value is -0.860. The van der Waals surface area contributed by atoms with Crippen LogP contribution in [0.3, 0.4) is 0 Å². The molecule has 1 unspecified atom stereocenters. The second-order valence-electron chi connectivity index (χ2n) is 6.92. The van der Waals surface area contributed by atoms with Gasteiger partial charge in [0.05, 0.1) is 12.6 Å². The molecule has 0 saturated carbocycles. The number of aryl methyl sites for hydroxylation is 2. The van der Waals surface area contributed by atoms with Gasteiger partial charge in [-0.15, -0.1) is 0 Å². The van der Waals surface area contributed by atoms with Crippen LogP contribution < -0.4 is 5.32 Å². The van der Waals surface area contributed by atoms with Crippen molar-refractivity contribution in [2.24, 2.45) is 5.41 Å². The van der Waals surface area contributed by atoms with E-state index in [9.17, 15) is 0 Å². The van der Waals surface area contributed by atoms with Gasteiger partial charge in [0.1, 0.15) is 0 Å². The van der Waals surface area contributed by atoms with Gasteiger partial charge < -0.3 is 10.1 Å². The third-order valence-corrected chi connectivity index (χ3v) is 3.38. The Morgan fingerprint density at radius 3 is 2.20 bits per heavy atom. The molecular formula is C18H31NO. The van der Waals surface area contributed by atoms with Crippen molar-refractivity contribution in [3.05, 3.63) is 34.9 Å². The molecule has 0 spiro atoms. The Morgan fingerprint density at radius 1 is 1.10 bits per heavy atom. The molecule has 2 nitrogen and oxygen atoms in total. The van der Waals surface area contributed by atoms with Crippen LogP contribution in [0, 0.1) is 19.3 Å². The van der Waals surface area contributed by atoms with Crippen molar-refractivity contribution >= 4 is 0 Å². The van der Waals surface area contributed by atoms with E-state index in [1.54, 1.807) is 0 Å². The van der Waals surface area contributed by atoms with Gasteiger partial charge in [-0.05, 0) is 37.8 Å². The molecule has 0 saturated heterocycles. The summed E-state index contributed by atoms with van der Waals surface area (Å²) in [6.07, 6.45) is 1.10. The van der Waals surface area contributed by atoms with E-state index in [0.717, 1.165) is 26.2 Å². The Bertz CT molecular complexity index is 386. The summed E-state index contributed by atoms with van der Waals surface area (Å²) in [5.41, 5.74) is 4.31. The van der Waals surface area contributed by atoms with E-state index < -0.39 is 0 Å². The Labute approximate surface area is 124 Å². The lowest BCUT2D eigenvalue weighted by Crippen LogP contribution is -2.26. The lowest BCUT2D eigenvalue weighted by Gasteiger charge is -2.22. The van der Waals surface area contributed by atoms with Crippen LogP contribution in [-0.4, -0.2) is 19.8 Å². The summed E-state index contributed by atoms with van der Waals surface area (Å²) in [7, 11) is 0. The second-order valence-corrected chi connectivity index (χ2v) is 6.92. The van der Waals surface area contributed by atoms with Crippen LogP contribution >= 0.6 is 0 Å². The predicted octanol–water partition coefficient (Wildman–Crippen LogP) is 4.41. The maximum Gasteiger partial charge on any atom is 0.0661 e. The Morgan fingerprint density at radius 2 is 1.70 bits per heavy atom. The van der Waals surface area contributed by atoms with Gasteiger partial charge in [0, 0.05) is 6.61 Å². The standard InChI is InChI=1S/C18H31NO/c1-7-19-17(13-20-9-8-18(4,5)6)16-11-14(2)10-15(3)12-16/h10-12,17,19H,7-9,13H2,1-6H3. The van der Waals surface area contributed by atoms with E-state index in [4.69, 9.17) is 4.74 Å². The quantitative estimate of drug-likeness (QED) is 0.746. The number of hydrogen-bond acceptors (Lipinski definition) is 2. The molecule has 20 heavy (non-hydrogen) atoms. The summed E-state index contributed by atoms with van der Waals surface area (Å²) in [4.78, 5) is 0. The molecule has 1 rings (SSSR count). The van der Waals surface area contributed by atoms with Crippen molar-refractivity contribution in [3.63, 3.8) is 0 Å². The third-order valence-electron chi connectivity index (χ3n) is 3.38. The highest BCUT2D eigenvalue weighted by Gasteiger charge is 2.13. The van der Waals surface area contributed by atoms with E-state index in [0.29, 0.717) is 11.5 Å². The molecule has 2 heteroatoms. The largest absolute Gasteiger partial charge is 0.379 e. The van der Waals surface area contributed by atoms with Crippen LogP contribution in [0.4, 0.5) is 0 Å². The van der Waals surface area contributed by atoms with E-state index in [-0.39, 0.29) is 0 Å². The lowest BCUT2D eigenvalue weighted by atomic mass is 9.93. The Balaban J connectivity index is 2.60. The van der Waals surface area contributed by atoms with Crippen LogP contribution in [0.5, 0.6) is 0 Å². The van der Waals surface area contributed by atoms with Gasteiger partial charge >= 0.3 is 0 Å². The van der Waals surface area contributed by atoms with Crippen molar-refractivity contribution in [2.45, 2.75) is 54.0 Å². The van der Waals surface area contributed by atoms with Crippen molar-refractivity contribution in [2.75, 3.05) is 19.8 Å². The molecular weight excluding hydrogens is 246 g/mol. The van der Waals surface area contributed by atoms with Gasteiger partial charge in [-0.3, -0.25) is 0 Å². The number of rotatable bonds is 7. The van der Waals surface area contributed by atoms with Gasteiger partial charge in [0.2, 0.25) is 0 Å². The van der Waals surface area contributed by atoms with Crippen molar-refractivity contribution in [1.29, 1.82) is 0 Å². The van der Waals surface area contributed by atoms with Crippen LogP contribution in [-0.2, 0) is 4.74 Å². The van der Waals surface area contributed by atoms with Crippen molar-refractivity contribution < 1.29 is 4.74 Å². The SMILES string of the molecule is CCNC(COCCC(C)(C)C)c1cc(C)cc(C)c1. The van der Waals surface area contributed by atoms with Gasteiger partial charge in [-0.25, -0.2) is 0 Å². The summed E-state index contributed by atoms with van der Waals surface area (Å²) >= 11 is 0. The first-order valence-corrected chi connectivity index (χ1v) is 7.71. The zero-order valence-corrected chi connectivity index (χ0v) is 14.0. The highest BCUT2D eigenvalue weighted by molar-refractivity contribution is 5.30. The fourth-order valence-corrected chi connectivity index (χ4v) is 2.31. The number of hydrogen-bond donors (Lipinski definition) is 1. The summed E-state index contributed by atoms with van der Waals surface area (Å²) in [6.45, 7) is 15.7. The Kier molecular flexibility index (Phi) is 6.70. The molecule has 0 aliphatic rings. The maximum atomic E-state index is 5.90. The van der Waals surface area contributed by atoms with E-state index in [1.165, 1.54) is 16.7 Å². The molecule has 0 bridgehead atoms. The minimum absolute atomic E-state index is 0.290. The summed E-state index contributed by atoms with van der Waals surface area (Å²) < 4.78 is 5.90. The predicted molar refractivity (Wildman–Crippen MR) is 87.2 cm³/mol. The van der Waals surface area contributed by atoms with Crippen LogP contribution in [0.25, 0.3) is 0 Å². The molecule has 1 N–H and O–H groups in total. The fourth-order valence-electron chi connectivity index (χ4n) is 2.31. The summed E-state index contributed by atoms with van der Waals surface area (Å²) in [5, 5.41) is 3.53. The van der Waals surface area contributed by atoms with Gasteiger partial charge in [-0.1, -0.05) is 57.0 Å². The molecule has 1 aromatic carbocycles. The smallest absolute Gasteiger partial charge is 0.0661 e. The van der Waals surface area contributed by atoms with Gasteiger partial charge in [-0.2, -0.15) is 0 Å². The second kappa shape index (κ2) is 7.80. The zero-order chi connectivity index (χ0) is 15.2. The normalized spacial score (nSPS) is 13.5. The minimum Gasteiger partial charge on any atom is -0.379 e. The average molecular weight is 277 g/mol. The van der Waals surface area contributed by atoms with E-state index in [2.05, 4.69) is 65.1 Å². The molecule has 0 aliphatic heterocycles. The molecule has 0 heterocycles. The fraction of sp³-hybridized carbons (Fsp3) is 0.667. The van der Waals surface area contributed by atoms with Gasteiger partial charge in [0.25, 0.3) is 0 Å². The van der Waals surface area contributed by atoms with E-state index >= 15 is 0 Å². The lowest BCUT2D eigenvalue weighted by molar-refractivity contribution is 0.0901. The summed E-state index contributed by atoms with van der Waals surface area (Å²) in [5.74, 6) is 0. The molecule has 1 aromatic rings. The molecule has 1 atom stereocenters. The highest BCUT2D eigenvalue weighted by Crippen LogP contribution is 2.20. The van der Waals surface area contributed by atoms with Gasteiger partial charge in [0.15, 0.2) is 0 Å². The molecule has 0 amide bonds. The number of benzene rings is 1. The average Bonchev–Trinajstić information content (AvgIpc) is 2.30. The number of nitrogens with one attached hydrogen (secondary N) is 1. The van der Waals surface area contributed by atoms with Crippen LogP contribution in [0.15, 0.2) is 18.2 Å². The number of likely N-dealkylation sites (N-methyl/N-ethyl adjacent to an activating group) is 1. The maximum absolute atomic E-state index is 5.90. The van der Waals surface area contributed by atoms with Crippen molar-refractivity contribution in [1.82, 2.24) is 5.32 Å².